The van der Waals surface area contributed by atoms with E-state index < -0.39 is 0 Å². The number of pyridine rings is 1. The van der Waals surface area contributed by atoms with Gasteiger partial charge in [0.15, 0.2) is 5.82 Å². The van der Waals surface area contributed by atoms with Gasteiger partial charge in [-0.2, -0.15) is 0 Å². The minimum atomic E-state index is 0.704. The first-order valence-electron chi connectivity index (χ1n) is 4.84. The lowest BCUT2D eigenvalue weighted by molar-refractivity contribution is 1.08. The molecule has 0 unspecified atom stereocenters. The van der Waals surface area contributed by atoms with Crippen molar-refractivity contribution in [1.82, 2.24) is 15.0 Å². The molecule has 0 saturated heterocycles. The molecule has 1 N–H and O–H groups in total. The van der Waals surface area contributed by atoms with Gasteiger partial charge in [-0.25, -0.2) is 9.97 Å². The normalized spacial score (nSPS) is 10.2. The lowest BCUT2D eigenvalue weighted by atomic mass is 10.2. The minimum Gasteiger partial charge on any atom is -0.372 e. The summed E-state index contributed by atoms with van der Waals surface area (Å²) in [6, 6.07) is 3.83. The molecule has 2 aromatic heterocycles. The van der Waals surface area contributed by atoms with E-state index in [0.717, 1.165) is 20.6 Å². The Balaban J connectivity index is 2.55. The van der Waals surface area contributed by atoms with Crippen molar-refractivity contribution in [3.63, 3.8) is 0 Å². The van der Waals surface area contributed by atoms with E-state index >= 15 is 0 Å². The Morgan fingerprint density at radius 1 is 1.31 bits per heavy atom. The molecule has 0 aliphatic rings. The van der Waals surface area contributed by atoms with Gasteiger partial charge in [-0.3, -0.25) is 4.98 Å². The summed E-state index contributed by atoms with van der Waals surface area (Å²) in [5, 5.41) is 3.07. The van der Waals surface area contributed by atoms with Gasteiger partial charge in [-0.15, -0.1) is 0 Å². The third-order valence-electron chi connectivity index (χ3n) is 2.17. The number of aryl methyl sites for hydroxylation is 1. The Morgan fingerprint density at radius 2 is 2.12 bits per heavy atom. The molecular formula is C11H11IN4. The van der Waals surface area contributed by atoms with E-state index in [-0.39, 0.29) is 0 Å². The van der Waals surface area contributed by atoms with E-state index in [1.54, 1.807) is 12.4 Å². The van der Waals surface area contributed by atoms with Gasteiger partial charge in [-0.1, -0.05) is 0 Å². The second kappa shape index (κ2) is 4.73. The zero-order valence-electron chi connectivity index (χ0n) is 9.03. The van der Waals surface area contributed by atoms with Crippen LogP contribution in [0.4, 0.5) is 5.82 Å². The second-order valence-electron chi connectivity index (χ2n) is 3.29. The van der Waals surface area contributed by atoms with Crippen molar-refractivity contribution >= 4 is 28.4 Å². The van der Waals surface area contributed by atoms with Crippen LogP contribution in [0, 0.1) is 10.5 Å². The molecule has 2 heterocycles. The first kappa shape index (κ1) is 11.3. The van der Waals surface area contributed by atoms with Crippen molar-refractivity contribution in [1.29, 1.82) is 0 Å². The average Bonchev–Trinajstić information content (AvgIpc) is 2.33. The third kappa shape index (κ3) is 2.13. The van der Waals surface area contributed by atoms with Crippen molar-refractivity contribution < 1.29 is 0 Å². The van der Waals surface area contributed by atoms with Crippen LogP contribution in [0.5, 0.6) is 0 Å². The molecule has 0 radical (unpaired) electrons. The van der Waals surface area contributed by atoms with Crippen molar-refractivity contribution in [2.75, 3.05) is 12.4 Å². The summed E-state index contributed by atoms with van der Waals surface area (Å²) >= 11 is 2.24. The molecule has 82 valence electrons. The van der Waals surface area contributed by atoms with Crippen LogP contribution >= 0.6 is 22.6 Å². The zero-order valence-corrected chi connectivity index (χ0v) is 11.2. The van der Waals surface area contributed by atoms with E-state index in [4.69, 9.17) is 0 Å². The lowest BCUT2D eigenvalue weighted by Gasteiger charge is -2.08. The minimum absolute atomic E-state index is 0.704. The third-order valence-corrected chi connectivity index (χ3v) is 3.46. The predicted molar refractivity (Wildman–Crippen MR) is 72.3 cm³/mol. The van der Waals surface area contributed by atoms with Crippen LogP contribution in [0.3, 0.4) is 0 Å². The van der Waals surface area contributed by atoms with Crippen molar-refractivity contribution in [2.45, 2.75) is 6.92 Å². The summed E-state index contributed by atoms with van der Waals surface area (Å²) in [6.45, 7) is 1.98. The van der Waals surface area contributed by atoms with Crippen molar-refractivity contribution in [3.05, 3.63) is 33.8 Å². The van der Waals surface area contributed by atoms with E-state index in [2.05, 4.69) is 42.9 Å². The van der Waals surface area contributed by atoms with Gasteiger partial charge in [0.1, 0.15) is 5.82 Å². The number of nitrogens with zero attached hydrogens (tertiary/aromatic N) is 3. The van der Waals surface area contributed by atoms with Gasteiger partial charge in [0.25, 0.3) is 0 Å². The highest BCUT2D eigenvalue weighted by atomic mass is 127. The quantitative estimate of drug-likeness (QED) is 0.862. The maximum Gasteiger partial charge on any atom is 0.163 e. The van der Waals surface area contributed by atoms with Gasteiger partial charge < -0.3 is 5.32 Å². The molecular weight excluding hydrogens is 315 g/mol. The van der Waals surface area contributed by atoms with E-state index in [1.807, 2.05) is 26.1 Å². The molecule has 5 heteroatoms. The molecule has 0 atom stereocenters. The Kier molecular flexibility index (Phi) is 3.33. The summed E-state index contributed by atoms with van der Waals surface area (Å²) in [6.07, 6.45) is 3.50. The van der Waals surface area contributed by atoms with Gasteiger partial charge in [0.05, 0.1) is 9.26 Å². The first-order chi connectivity index (χ1) is 7.72. The number of nitrogens with one attached hydrogen (secondary N) is 1. The Bertz CT molecular complexity index is 499. The Morgan fingerprint density at radius 3 is 2.75 bits per heavy atom. The lowest BCUT2D eigenvalue weighted by Crippen LogP contribution is -2.02. The van der Waals surface area contributed by atoms with Crippen molar-refractivity contribution in [2.24, 2.45) is 0 Å². The molecule has 0 fully saturated rings. The molecule has 0 bridgehead atoms. The number of hydrogen-bond acceptors (Lipinski definition) is 4. The monoisotopic (exact) mass is 326 g/mol. The molecule has 16 heavy (non-hydrogen) atoms. The summed E-state index contributed by atoms with van der Waals surface area (Å²) in [7, 11) is 1.86. The molecule has 0 amide bonds. The topological polar surface area (TPSA) is 50.7 Å². The Hall–Kier alpha value is -1.24. The molecule has 0 aliphatic carbocycles. The summed E-state index contributed by atoms with van der Waals surface area (Å²) in [5.41, 5.74) is 1.90. The maximum atomic E-state index is 4.45. The summed E-state index contributed by atoms with van der Waals surface area (Å²) in [4.78, 5) is 13.0. The second-order valence-corrected chi connectivity index (χ2v) is 4.37. The number of anilines is 1. The van der Waals surface area contributed by atoms with E-state index in [9.17, 15) is 0 Å². The first-order valence-corrected chi connectivity index (χ1v) is 5.92. The Labute approximate surface area is 108 Å². The highest BCUT2D eigenvalue weighted by Crippen LogP contribution is 2.22. The van der Waals surface area contributed by atoms with Crippen LogP contribution in [-0.2, 0) is 0 Å². The van der Waals surface area contributed by atoms with Crippen LogP contribution in [0.15, 0.2) is 24.5 Å². The molecule has 2 rings (SSSR count). The van der Waals surface area contributed by atoms with Gasteiger partial charge in [-0.05, 0) is 41.6 Å². The van der Waals surface area contributed by atoms with Gasteiger partial charge >= 0.3 is 0 Å². The molecule has 2 aromatic rings. The fraction of sp³-hybridized carbons (Fsp3) is 0.182. The number of hydrogen-bond donors (Lipinski definition) is 1. The number of rotatable bonds is 2. The largest absolute Gasteiger partial charge is 0.372 e. The highest BCUT2D eigenvalue weighted by Gasteiger charge is 2.09. The van der Waals surface area contributed by atoms with Crippen LogP contribution in [-0.4, -0.2) is 22.0 Å². The highest BCUT2D eigenvalue weighted by molar-refractivity contribution is 14.1. The number of halogens is 1. The smallest absolute Gasteiger partial charge is 0.163 e. The van der Waals surface area contributed by atoms with Crippen LogP contribution in [0.1, 0.15) is 5.69 Å². The van der Waals surface area contributed by atoms with E-state index in [1.165, 1.54) is 0 Å². The van der Waals surface area contributed by atoms with Crippen LogP contribution in [0.2, 0.25) is 0 Å². The van der Waals surface area contributed by atoms with Crippen LogP contribution < -0.4 is 5.32 Å². The number of aromatic nitrogens is 3. The molecule has 0 spiro atoms. The van der Waals surface area contributed by atoms with Crippen molar-refractivity contribution in [3.8, 4) is 11.4 Å². The molecule has 0 saturated carbocycles. The fourth-order valence-corrected chi connectivity index (χ4v) is 1.86. The molecule has 0 aromatic carbocycles. The SMILES string of the molecule is CNc1nc(-c2cccnc2)nc(C)c1I. The van der Waals surface area contributed by atoms with E-state index in [0.29, 0.717) is 5.82 Å². The standard InChI is InChI=1S/C11H11IN4/c1-7-9(12)11(13-2)16-10(15-7)8-4-3-5-14-6-8/h3-6H,1-2H3,(H,13,15,16). The maximum absolute atomic E-state index is 4.45. The summed E-state index contributed by atoms with van der Waals surface area (Å²) < 4.78 is 1.05. The van der Waals surface area contributed by atoms with Crippen LogP contribution in [0.25, 0.3) is 11.4 Å². The fourth-order valence-electron chi connectivity index (χ4n) is 1.35. The molecule has 4 nitrogen and oxygen atoms in total. The van der Waals surface area contributed by atoms with Gasteiger partial charge in [0, 0.05) is 25.0 Å². The summed E-state index contributed by atoms with van der Waals surface area (Å²) in [5.74, 6) is 1.56. The van der Waals surface area contributed by atoms with Gasteiger partial charge in [0.2, 0.25) is 0 Å². The predicted octanol–water partition coefficient (Wildman–Crippen LogP) is 2.49. The molecule has 0 aliphatic heterocycles. The average molecular weight is 326 g/mol. The zero-order chi connectivity index (χ0) is 11.5.